The summed E-state index contributed by atoms with van der Waals surface area (Å²) in [6, 6.07) is 8.96. The molecular formula is C20H19N5O5. The highest BCUT2D eigenvalue weighted by molar-refractivity contribution is 6.02. The van der Waals surface area contributed by atoms with Gasteiger partial charge >= 0.3 is 11.7 Å². The van der Waals surface area contributed by atoms with E-state index in [1.807, 2.05) is 6.07 Å². The Morgan fingerprint density at radius 2 is 1.80 bits per heavy atom. The number of nitrogens with zero attached hydrogens (tertiary/aromatic N) is 4. The zero-order valence-corrected chi connectivity index (χ0v) is 16.4. The highest BCUT2D eigenvalue weighted by Crippen LogP contribution is 2.10. The fourth-order valence-corrected chi connectivity index (χ4v) is 2.74. The highest BCUT2D eigenvalue weighted by Gasteiger charge is 2.23. The van der Waals surface area contributed by atoms with E-state index in [2.05, 4.69) is 9.97 Å². The number of rotatable bonds is 6. The number of anilines is 1. The largest absolute Gasteiger partial charge is 0.453 e. The number of hydrogen-bond donors (Lipinski definition) is 1. The second-order valence-corrected chi connectivity index (χ2v) is 6.52. The third-order valence-corrected chi connectivity index (χ3v) is 4.37. The van der Waals surface area contributed by atoms with E-state index in [1.54, 1.807) is 31.2 Å². The summed E-state index contributed by atoms with van der Waals surface area (Å²) >= 11 is 0. The van der Waals surface area contributed by atoms with Crippen LogP contribution in [0.15, 0.2) is 52.3 Å². The summed E-state index contributed by atoms with van der Waals surface area (Å²) in [4.78, 5) is 57.5. The summed E-state index contributed by atoms with van der Waals surface area (Å²) in [7, 11) is 1.25. The van der Waals surface area contributed by atoms with Gasteiger partial charge in [0.1, 0.15) is 11.4 Å². The molecule has 154 valence electrons. The van der Waals surface area contributed by atoms with Gasteiger partial charge < -0.3 is 10.5 Å². The molecule has 3 aromatic rings. The number of nitrogens with two attached hydrogens (primary N) is 1. The monoisotopic (exact) mass is 409 g/mol. The number of ether oxygens (including phenoxy) is 1. The molecule has 0 bridgehead atoms. The second kappa shape index (κ2) is 8.52. The van der Waals surface area contributed by atoms with Crippen LogP contribution < -0.4 is 17.0 Å². The lowest BCUT2D eigenvalue weighted by Crippen LogP contribution is -2.43. The van der Waals surface area contributed by atoms with E-state index in [0.29, 0.717) is 5.69 Å². The van der Waals surface area contributed by atoms with Crippen molar-refractivity contribution in [1.82, 2.24) is 19.1 Å². The number of aryl methyl sites for hydroxylation is 1. The van der Waals surface area contributed by atoms with Gasteiger partial charge in [0.2, 0.25) is 5.78 Å². The predicted octanol–water partition coefficient (Wildman–Crippen LogP) is 0.316. The maximum atomic E-state index is 12.6. The number of hydrogen-bond acceptors (Lipinski definition) is 8. The van der Waals surface area contributed by atoms with E-state index < -0.39 is 35.2 Å². The number of ketones is 1. The van der Waals surface area contributed by atoms with Crippen LogP contribution in [0.25, 0.3) is 0 Å². The Labute approximate surface area is 170 Å². The van der Waals surface area contributed by atoms with Crippen LogP contribution in [0.3, 0.4) is 0 Å². The standard InChI is InChI=1S/C20H19N5O5/c1-12-8-23-14(9-22-12)19(28)30-11-15(26)16-17(21)25(20(29)24(2)18(16)27)10-13-6-4-3-5-7-13/h3-9H,10-11,21H2,1-2H3. The van der Waals surface area contributed by atoms with E-state index in [-0.39, 0.29) is 18.1 Å². The van der Waals surface area contributed by atoms with Crippen molar-refractivity contribution in [3.8, 4) is 0 Å². The molecule has 0 saturated heterocycles. The minimum absolute atomic E-state index is 0.0681. The molecule has 0 saturated carbocycles. The first kappa shape index (κ1) is 20.6. The molecule has 0 aliphatic carbocycles. The fourth-order valence-electron chi connectivity index (χ4n) is 2.74. The van der Waals surface area contributed by atoms with E-state index in [0.717, 1.165) is 14.7 Å². The van der Waals surface area contributed by atoms with Crippen molar-refractivity contribution in [2.75, 3.05) is 12.3 Å². The van der Waals surface area contributed by atoms with Gasteiger partial charge in [0, 0.05) is 13.2 Å². The van der Waals surface area contributed by atoms with Crippen LogP contribution in [-0.4, -0.2) is 37.5 Å². The van der Waals surface area contributed by atoms with E-state index in [4.69, 9.17) is 10.5 Å². The molecule has 1 aromatic carbocycles. The zero-order chi connectivity index (χ0) is 21.8. The van der Waals surface area contributed by atoms with E-state index >= 15 is 0 Å². The summed E-state index contributed by atoms with van der Waals surface area (Å²) in [5, 5.41) is 0. The average molecular weight is 409 g/mol. The number of carbonyl (C=O) groups is 2. The van der Waals surface area contributed by atoms with E-state index in [1.165, 1.54) is 19.4 Å². The third kappa shape index (κ3) is 4.17. The smallest absolute Gasteiger partial charge is 0.358 e. The molecular weight excluding hydrogens is 390 g/mol. The van der Waals surface area contributed by atoms with Gasteiger partial charge in [-0.1, -0.05) is 30.3 Å². The Bertz CT molecular complexity index is 1210. The number of aromatic nitrogens is 4. The molecule has 2 heterocycles. The predicted molar refractivity (Wildman–Crippen MR) is 107 cm³/mol. The lowest BCUT2D eigenvalue weighted by atomic mass is 10.2. The molecule has 0 atom stereocenters. The maximum Gasteiger partial charge on any atom is 0.358 e. The lowest BCUT2D eigenvalue weighted by molar-refractivity contribution is 0.0468. The van der Waals surface area contributed by atoms with Gasteiger partial charge in [-0.15, -0.1) is 0 Å². The Hall–Kier alpha value is -4.08. The van der Waals surface area contributed by atoms with Crippen molar-refractivity contribution in [3.05, 3.63) is 86.1 Å². The third-order valence-electron chi connectivity index (χ3n) is 4.37. The van der Waals surface area contributed by atoms with Crippen LogP contribution in [0.2, 0.25) is 0 Å². The molecule has 0 spiro atoms. The Kier molecular flexibility index (Phi) is 5.86. The number of benzene rings is 1. The zero-order valence-electron chi connectivity index (χ0n) is 16.4. The number of carbonyl (C=O) groups excluding carboxylic acids is 2. The molecule has 0 unspecified atom stereocenters. The van der Waals surface area contributed by atoms with E-state index in [9.17, 15) is 19.2 Å². The molecule has 0 amide bonds. The van der Waals surface area contributed by atoms with Gasteiger partial charge in [0.05, 0.1) is 18.4 Å². The summed E-state index contributed by atoms with van der Waals surface area (Å²) in [6.07, 6.45) is 2.60. The molecule has 0 aliphatic rings. The molecule has 0 radical (unpaired) electrons. The van der Waals surface area contributed by atoms with Gasteiger partial charge in [-0.3, -0.25) is 23.7 Å². The molecule has 30 heavy (non-hydrogen) atoms. The maximum absolute atomic E-state index is 12.6. The molecule has 2 N–H and O–H groups in total. The van der Waals surface area contributed by atoms with Gasteiger partial charge in [0.25, 0.3) is 5.56 Å². The van der Waals surface area contributed by atoms with Gasteiger partial charge in [-0.05, 0) is 12.5 Å². The summed E-state index contributed by atoms with van der Waals surface area (Å²) in [5.41, 5.74) is 5.34. The first-order chi connectivity index (χ1) is 14.3. The molecule has 3 rings (SSSR count). The van der Waals surface area contributed by atoms with Crippen molar-refractivity contribution < 1.29 is 14.3 Å². The fraction of sp³-hybridized carbons (Fsp3) is 0.200. The molecule has 0 aliphatic heterocycles. The van der Waals surface area contributed by atoms with Gasteiger partial charge in [-0.25, -0.2) is 14.6 Å². The minimum Gasteiger partial charge on any atom is -0.453 e. The Morgan fingerprint density at radius 3 is 2.43 bits per heavy atom. The normalized spacial score (nSPS) is 10.6. The van der Waals surface area contributed by atoms with Gasteiger partial charge in [-0.2, -0.15) is 0 Å². The van der Waals surface area contributed by atoms with Crippen molar-refractivity contribution >= 4 is 17.6 Å². The molecule has 0 fully saturated rings. The topological polar surface area (TPSA) is 139 Å². The van der Waals surface area contributed by atoms with Crippen LogP contribution in [0.1, 0.15) is 32.1 Å². The van der Waals surface area contributed by atoms with Crippen molar-refractivity contribution in [2.24, 2.45) is 7.05 Å². The average Bonchev–Trinajstić information content (AvgIpc) is 2.75. The van der Waals surface area contributed by atoms with Crippen molar-refractivity contribution in [3.63, 3.8) is 0 Å². The van der Waals surface area contributed by atoms with Crippen LogP contribution in [0.4, 0.5) is 5.82 Å². The Balaban J connectivity index is 1.88. The molecule has 10 heteroatoms. The van der Waals surface area contributed by atoms with Crippen molar-refractivity contribution in [1.29, 1.82) is 0 Å². The summed E-state index contributed by atoms with van der Waals surface area (Å²) < 4.78 is 6.85. The molecule has 2 aromatic heterocycles. The van der Waals surface area contributed by atoms with Crippen LogP contribution >= 0.6 is 0 Å². The number of Topliss-reactive ketones (excluding diaryl/α,β-unsaturated/α-hetero) is 1. The number of nitrogen functional groups attached to an aromatic ring is 1. The molecule has 10 nitrogen and oxygen atoms in total. The van der Waals surface area contributed by atoms with Crippen LogP contribution in [0.5, 0.6) is 0 Å². The summed E-state index contributed by atoms with van der Waals surface area (Å²) in [5.74, 6) is -1.99. The van der Waals surface area contributed by atoms with Crippen LogP contribution in [0, 0.1) is 6.92 Å². The second-order valence-electron chi connectivity index (χ2n) is 6.52. The van der Waals surface area contributed by atoms with Gasteiger partial charge in [0.15, 0.2) is 12.3 Å². The number of esters is 1. The quantitative estimate of drug-likeness (QED) is 0.453. The lowest BCUT2D eigenvalue weighted by Gasteiger charge is -2.14. The highest BCUT2D eigenvalue weighted by atomic mass is 16.5. The van der Waals surface area contributed by atoms with Crippen molar-refractivity contribution in [2.45, 2.75) is 13.5 Å². The first-order valence-electron chi connectivity index (χ1n) is 8.91. The Morgan fingerprint density at radius 1 is 1.10 bits per heavy atom. The van der Waals surface area contributed by atoms with Crippen LogP contribution in [-0.2, 0) is 18.3 Å². The minimum atomic E-state index is -0.871. The SMILES string of the molecule is Cc1cnc(C(=O)OCC(=O)c2c(N)n(Cc3ccccc3)c(=O)n(C)c2=O)cn1. The summed E-state index contributed by atoms with van der Waals surface area (Å²) in [6.45, 7) is 1.03. The first-order valence-corrected chi connectivity index (χ1v) is 8.91.